The van der Waals surface area contributed by atoms with E-state index in [0.717, 1.165) is 17.8 Å². The summed E-state index contributed by atoms with van der Waals surface area (Å²) < 4.78 is 0. The minimum Gasteiger partial charge on any atom is -0.390 e. The monoisotopic (exact) mass is 296 g/mol. The summed E-state index contributed by atoms with van der Waals surface area (Å²) in [6.07, 6.45) is -0.193. The Morgan fingerprint density at radius 3 is 2.85 bits per heavy atom. The molecule has 1 atom stereocenters. The van der Waals surface area contributed by atoms with Crippen LogP contribution in [0.15, 0.2) is 18.2 Å². The molecular weight excluding hydrogens is 276 g/mol. The molecule has 0 saturated carbocycles. The number of rotatable bonds is 6. The fraction of sp³-hybridized carbons (Fsp3) is 0.533. The van der Waals surface area contributed by atoms with Gasteiger partial charge < -0.3 is 15.3 Å². The van der Waals surface area contributed by atoms with Gasteiger partial charge in [-0.15, -0.1) is 0 Å². The standard InChI is InChI=1S/C15H21ClN2O2/c1-10(2)7-17-8-13(19)9-18-14-6-12(16)4-3-11(14)5-15(18)20/h3-4,6,10,13,17,19H,5,7-9H2,1-2H3. The first-order valence-corrected chi connectivity index (χ1v) is 7.32. The molecule has 1 aliphatic heterocycles. The quantitative estimate of drug-likeness (QED) is 0.842. The van der Waals surface area contributed by atoms with Crippen LogP contribution in [0, 0.1) is 5.92 Å². The number of anilines is 1. The molecule has 2 N–H and O–H groups in total. The lowest BCUT2D eigenvalue weighted by Crippen LogP contribution is -2.40. The fourth-order valence-electron chi connectivity index (χ4n) is 2.34. The summed E-state index contributed by atoms with van der Waals surface area (Å²) in [6, 6.07) is 5.45. The molecule has 0 radical (unpaired) electrons. The first-order chi connectivity index (χ1) is 9.47. The minimum atomic E-state index is -0.581. The van der Waals surface area contributed by atoms with E-state index in [1.54, 1.807) is 17.0 Å². The van der Waals surface area contributed by atoms with Crippen molar-refractivity contribution in [2.45, 2.75) is 26.4 Å². The van der Waals surface area contributed by atoms with Crippen molar-refractivity contribution in [1.29, 1.82) is 0 Å². The number of aliphatic hydroxyl groups is 1. The van der Waals surface area contributed by atoms with Crippen LogP contribution in [0.3, 0.4) is 0 Å². The molecule has 1 amide bonds. The largest absolute Gasteiger partial charge is 0.390 e. The Morgan fingerprint density at radius 2 is 2.15 bits per heavy atom. The Hall–Kier alpha value is -1.10. The summed E-state index contributed by atoms with van der Waals surface area (Å²) in [5, 5.41) is 13.8. The van der Waals surface area contributed by atoms with Gasteiger partial charge in [0.2, 0.25) is 5.91 Å². The van der Waals surface area contributed by atoms with E-state index in [0.29, 0.717) is 30.5 Å². The maximum atomic E-state index is 12.0. The zero-order valence-corrected chi connectivity index (χ0v) is 12.7. The molecule has 0 spiro atoms. The van der Waals surface area contributed by atoms with Crippen molar-refractivity contribution in [3.63, 3.8) is 0 Å². The van der Waals surface area contributed by atoms with Gasteiger partial charge in [0, 0.05) is 17.3 Å². The second kappa shape index (κ2) is 6.57. The van der Waals surface area contributed by atoms with Crippen LogP contribution in [0.1, 0.15) is 19.4 Å². The number of carbonyl (C=O) groups is 1. The van der Waals surface area contributed by atoms with Gasteiger partial charge in [0.15, 0.2) is 0 Å². The molecule has 1 heterocycles. The predicted molar refractivity (Wildman–Crippen MR) is 81.2 cm³/mol. The zero-order valence-electron chi connectivity index (χ0n) is 11.9. The van der Waals surface area contributed by atoms with E-state index in [1.165, 1.54) is 0 Å². The van der Waals surface area contributed by atoms with E-state index in [9.17, 15) is 9.90 Å². The van der Waals surface area contributed by atoms with Gasteiger partial charge in [0.1, 0.15) is 0 Å². The van der Waals surface area contributed by atoms with Crippen LogP contribution < -0.4 is 10.2 Å². The van der Waals surface area contributed by atoms with Crippen molar-refractivity contribution in [3.8, 4) is 0 Å². The number of halogens is 1. The topological polar surface area (TPSA) is 52.6 Å². The molecule has 0 saturated heterocycles. The third-order valence-electron chi connectivity index (χ3n) is 3.31. The number of benzene rings is 1. The van der Waals surface area contributed by atoms with Gasteiger partial charge in [-0.3, -0.25) is 4.79 Å². The van der Waals surface area contributed by atoms with Crippen molar-refractivity contribution in [2.24, 2.45) is 5.92 Å². The van der Waals surface area contributed by atoms with E-state index < -0.39 is 6.10 Å². The lowest BCUT2D eigenvalue weighted by atomic mass is 10.2. The van der Waals surface area contributed by atoms with Crippen LogP contribution in [0.5, 0.6) is 0 Å². The Balaban J connectivity index is 1.96. The maximum Gasteiger partial charge on any atom is 0.231 e. The molecule has 0 aliphatic carbocycles. The molecule has 1 unspecified atom stereocenters. The Labute approximate surface area is 124 Å². The summed E-state index contributed by atoms with van der Waals surface area (Å²) in [5.74, 6) is 0.556. The lowest BCUT2D eigenvalue weighted by Gasteiger charge is -2.22. The van der Waals surface area contributed by atoms with Crippen molar-refractivity contribution < 1.29 is 9.90 Å². The molecule has 5 heteroatoms. The molecule has 1 aromatic rings. The van der Waals surface area contributed by atoms with E-state index >= 15 is 0 Å². The third-order valence-corrected chi connectivity index (χ3v) is 3.54. The highest BCUT2D eigenvalue weighted by molar-refractivity contribution is 6.31. The summed E-state index contributed by atoms with van der Waals surface area (Å²) in [4.78, 5) is 13.6. The van der Waals surface area contributed by atoms with Gasteiger partial charge in [-0.1, -0.05) is 31.5 Å². The highest BCUT2D eigenvalue weighted by Crippen LogP contribution is 2.31. The second-order valence-electron chi connectivity index (χ2n) is 5.66. The molecule has 1 aliphatic rings. The van der Waals surface area contributed by atoms with Crippen molar-refractivity contribution >= 4 is 23.2 Å². The number of nitrogens with one attached hydrogen (secondary N) is 1. The molecule has 110 valence electrons. The molecular formula is C15H21ClN2O2. The number of carbonyl (C=O) groups excluding carboxylic acids is 1. The summed E-state index contributed by atoms with van der Waals surface area (Å²) in [7, 11) is 0. The zero-order chi connectivity index (χ0) is 14.7. The Morgan fingerprint density at radius 1 is 1.40 bits per heavy atom. The summed E-state index contributed by atoms with van der Waals surface area (Å²) >= 11 is 5.98. The SMILES string of the molecule is CC(C)CNCC(O)CN1C(=O)Cc2ccc(Cl)cc21. The van der Waals surface area contributed by atoms with Crippen LogP contribution in [0.25, 0.3) is 0 Å². The average Bonchev–Trinajstić information content (AvgIpc) is 2.65. The van der Waals surface area contributed by atoms with Gasteiger partial charge in [-0.05, 0) is 30.2 Å². The maximum absolute atomic E-state index is 12.0. The van der Waals surface area contributed by atoms with Crippen molar-refractivity contribution in [2.75, 3.05) is 24.5 Å². The van der Waals surface area contributed by atoms with Crippen LogP contribution in [-0.2, 0) is 11.2 Å². The van der Waals surface area contributed by atoms with Gasteiger partial charge in [0.05, 0.1) is 19.1 Å². The van der Waals surface area contributed by atoms with Gasteiger partial charge >= 0.3 is 0 Å². The Kier molecular flexibility index (Phi) is 5.02. The lowest BCUT2D eigenvalue weighted by molar-refractivity contribution is -0.117. The summed E-state index contributed by atoms with van der Waals surface area (Å²) in [6.45, 7) is 5.87. The predicted octanol–water partition coefficient (Wildman–Crippen LogP) is 1.84. The smallest absolute Gasteiger partial charge is 0.231 e. The van der Waals surface area contributed by atoms with Crippen LogP contribution in [-0.4, -0.2) is 36.8 Å². The number of aliphatic hydroxyl groups excluding tert-OH is 1. The number of β-amino-alcohol motifs (C(OH)–C–C–N with tert-alkyl or cyclic N) is 1. The number of hydrogen-bond acceptors (Lipinski definition) is 3. The van der Waals surface area contributed by atoms with Crippen molar-refractivity contribution in [3.05, 3.63) is 28.8 Å². The van der Waals surface area contributed by atoms with E-state index in [1.807, 2.05) is 6.07 Å². The fourth-order valence-corrected chi connectivity index (χ4v) is 2.51. The second-order valence-corrected chi connectivity index (χ2v) is 6.10. The summed E-state index contributed by atoms with van der Waals surface area (Å²) in [5.41, 5.74) is 1.80. The highest BCUT2D eigenvalue weighted by Gasteiger charge is 2.28. The van der Waals surface area contributed by atoms with E-state index in [4.69, 9.17) is 11.6 Å². The van der Waals surface area contributed by atoms with Crippen LogP contribution >= 0.6 is 11.6 Å². The average molecular weight is 297 g/mol. The third kappa shape index (κ3) is 3.72. The molecule has 1 aromatic carbocycles. The first-order valence-electron chi connectivity index (χ1n) is 6.95. The molecule has 20 heavy (non-hydrogen) atoms. The van der Waals surface area contributed by atoms with Crippen molar-refractivity contribution in [1.82, 2.24) is 5.32 Å². The molecule has 4 nitrogen and oxygen atoms in total. The highest BCUT2D eigenvalue weighted by atomic mass is 35.5. The van der Waals surface area contributed by atoms with Gasteiger partial charge in [-0.2, -0.15) is 0 Å². The van der Waals surface area contributed by atoms with E-state index in [-0.39, 0.29) is 5.91 Å². The molecule has 0 fully saturated rings. The number of amides is 1. The first kappa shape index (κ1) is 15.3. The minimum absolute atomic E-state index is 0.0187. The molecule has 0 bridgehead atoms. The van der Waals surface area contributed by atoms with E-state index in [2.05, 4.69) is 19.2 Å². The van der Waals surface area contributed by atoms with Gasteiger partial charge in [0.25, 0.3) is 0 Å². The molecule has 2 rings (SSSR count). The molecule has 0 aromatic heterocycles. The normalized spacial score (nSPS) is 15.8. The number of nitrogens with zero attached hydrogens (tertiary/aromatic N) is 1. The van der Waals surface area contributed by atoms with Gasteiger partial charge in [-0.25, -0.2) is 0 Å². The van der Waals surface area contributed by atoms with Crippen LogP contribution in [0.2, 0.25) is 5.02 Å². The number of fused-ring (bicyclic) bond motifs is 1. The van der Waals surface area contributed by atoms with Crippen LogP contribution in [0.4, 0.5) is 5.69 Å². The Bertz CT molecular complexity index is 491. The number of hydrogen-bond donors (Lipinski definition) is 2.